The fourth-order valence-electron chi connectivity index (χ4n) is 2.05. The second-order valence-corrected chi connectivity index (χ2v) is 4.55. The minimum atomic E-state index is -0.944. The molecule has 0 saturated heterocycles. The maximum Gasteiger partial charge on any atom is 0.312 e. The quantitative estimate of drug-likeness (QED) is 0.842. The van der Waals surface area contributed by atoms with Crippen LogP contribution in [0.3, 0.4) is 0 Å². The number of aromatic nitrogens is 2. The third kappa shape index (κ3) is 3.47. The summed E-state index contributed by atoms with van der Waals surface area (Å²) in [5, 5.41) is 12.2. The van der Waals surface area contributed by atoms with Gasteiger partial charge in [-0.25, -0.2) is 4.98 Å². The number of carbonyl (C=O) groups is 1. The molecule has 2 rings (SSSR count). The summed E-state index contributed by atoms with van der Waals surface area (Å²) in [6.45, 7) is 2.50. The Hall–Kier alpha value is -2.63. The van der Waals surface area contributed by atoms with E-state index in [1.54, 1.807) is 30.5 Å². The molecule has 1 atom stereocenters. The van der Waals surface area contributed by atoms with Gasteiger partial charge >= 0.3 is 5.97 Å². The second-order valence-electron chi connectivity index (χ2n) is 4.55. The average molecular weight is 287 g/mol. The van der Waals surface area contributed by atoms with Crippen LogP contribution in [0.5, 0.6) is 0 Å². The van der Waals surface area contributed by atoms with Gasteiger partial charge in [-0.05, 0) is 12.5 Å². The van der Waals surface area contributed by atoms with Crippen molar-refractivity contribution < 1.29 is 9.90 Å². The Balaban J connectivity index is 2.17. The van der Waals surface area contributed by atoms with Crippen LogP contribution in [0.2, 0.25) is 0 Å². The van der Waals surface area contributed by atoms with Gasteiger partial charge in [-0.1, -0.05) is 30.3 Å². The molecule has 0 amide bonds. The Morgan fingerprint density at radius 3 is 2.71 bits per heavy atom. The van der Waals surface area contributed by atoms with Gasteiger partial charge in [0.05, 0.1) is 5.92 Å². The van der Waals surface area contributed by atoms with Crippen molar-refractivity contribution in [2.75, 3.05) is 11.9 Å². The minimum absolute atomic E-state index is 0.106. The Morgan fingerprint density at radius 2 is 2.10 bits per heavy atom. The summed E-state index contributed by atoms with van der Waals surface area (Å²) in [7, 11) is 0. The van der Waals surface area contributed by atoms with Gasteiger partial charge in [0.1, 0.15) is 0 Å². The van der Waals surface area contributed by atoms with Crippen LogP contribution in [-0.4, -0.2) is 27.2 Å². The van der Waals surface area contributed by atoms with Crippen LogP contribution in [0.4, 0.5) is 5.82 Å². The SMILES string of the molecule is CCn1ccnc(NCC(C(=O)O)c2ccccc2)c1=O. The first-order valence-electron chi connectivity index (χ1n) is 6.70. The maximum absolute atomic E-state index is 12.0. The highest BCUT2D eigenvalue weighted by Gasteiger charge is 2.20. The van der Waals surface area contributed by atoms with E-state index < -0.39 is 11.9 Å². The molecule has 110 valence electrons. The monoisotopic (exact) mass is 287 g/mol. The maximum atomic E-state index is 12.0. The van der Waals surface area contributed by atoms with Crippen molar-refractivity contribution in [3.63, 3.8) is 0 Å². The van der Waals surface area contributed by atoms with E-state index in [4.69, 9.17) is 0 Å². The van der Waals surface area contributed by atoms with Gasteiger partial charge in [-0.2, -0.15) is 0 Å². The van der Waals surface area contributed by atoms with Gasteiger partial charge in [-0.15, -0.1) is 0 Å². The van der Waals surface area contributed by atoms with Crippen LogP contribution in [0.1, 0.15) is 18.4 Å². The van der Waals surface area contributed by atoms with Crippen molar-refractivity contribution in [1.82, 2.24) is 9.55 Å². The molecule has 0 aliphatic rings. The lowest BCUT2D eigenvalue weighted by Gasteiger charge is -2.14. The normalized spacial score (nSPS) is 11.9. The largest absolute Gasteiger partial charge is 0.481 e. The molecule has 1 aromatic carbocycles. The molecule has 2 N–H and O–H groups in total. The summed E-state index contributed by atoms with van der Waals surface area (Å²) >= 11 is 0. The van der Waals surface area contributed by atoms with E-state index in [0.29, 0.717) is 12.1 Å². The lowest BCUT2D eigenvalue weighted by atomic mass is 9.99. The molecule has 1 heterocycles. The molecule has 0 bridgehead atoms. The molecule has 21 heavy (non-hydrogen) atoms. The minimum Gasteiger partial charge on any atom is -0.481 e. The fourth-order valence-corrected chi connectivity index (χ4v) is 2.05. The standard InChI is InChI=1S/C15H17N3O3/c1-2-18-9-8-16-13(14(18)19)17-10-12(15(20)21)11-6-4-3-5-7-11/h3-9,12H,2,10H2,1H3,(H,16,17)(H,20,21). The van der Waals surface area contributed by atoms with Crippen LogP contribution in [0.15, 0.2) is 47.5 Å². The first-order chi connectivity index (χ1) is 10.1. The van der Waals surface area contributed by atoms with Crippen molar-refractivity contribution in [2.45, 2.75) is 19.4 Å². The molecule has 6 heteroatoms. The lowest BCUT2D eigenvalue weighted by Crippen LogP contribution is -2.27. The van der Waals surface area contributed by atoms with Crippen molar-refractivity contribution in [3.05, 3.63) is 58.6 Å². The number of aliphatic carboxylic acids is 1. The zero-order valence-corrected chi connectivity index (χ0v) is 11.7. The smallest absolute Gasteiger partial charge is 0.312 e. The Kier molecular flexibility index (Phi) is 4.71. The molecule has 1 unspecified atom stereocenters. The molecule has 2 aromatic rings. The topological polar surface area (TPSA) is 84.2 Å². The van der Waals surface area contributed by atoms with Gasteiger partial charge in [-0.3, -0.25) is 9.59 Å². The zero-order chi connectivity index (χ0) is 15.2. The highest BCUT2D eigenvalue weighted by Crippen LogP contribution is 2.15. The first kappa shape index (κ1) is 14.8. The Morgan fingerprint density at radius 1 is 1.38 bits per heavy atom. The Labute approximate surface area is 122 Å². The first-order valence-corrected chi connectivity index (χ1v) is 6.70. The number of nitrogens with zero attached hydrogens (tertiary/aromatic N) is 2. The van der Waals surface area contributed by atoms with Crippen LogP contribution >= 0.6 is 0 Å². The summed E-state index contributed by atoms with van der Waals surface area (Å²) in [5.41, 5.74) is 0.432. The zero-order valence-electron chi connectivity index (χ0n) is 11.7. The van der Waals surface area contributed by atoms with Gasteiger partial charge < -0.3 is 15.0 Å². The molecule has 0 fully saturated rings. The van der Waals surface area contributed by atoms with Crippen molar-refractivity contribution in [3.8, 4) is 0 Å². The summed E-state index contributed by atoms with van der Waals surface area (Å²) in [4.78, 5) is 27.4. The summed E-state index contributed by atoms with van der Waals surface area (Å²) in [5.74, 6) is -1.51. The van der Waals surface area contributed by atoms with E-state index in [1.807, 2.05) is 13.0 Å². The van der Waals surface area contributed by atoms with Gasteiger partial charge in [0, 0.05) is 25.5 Å². The highest BCUT2D eigenvalue weighted by atomic mass is 16.4. The summed E-state index contributed by atoms with van der Waals surface area (Å²) in [6, 6.07) is 8.91. The third-order valence-electron chi connectivity index (χ3n) is 3.23. The molecule has 1 aromatic heterocycles. The summed E-state index contributed by atoms with van der Waals surface area (Å²) < 4.78 is 1.51. The number of hydrogen-bond donors (Lipinski definition) is 2. The predicted molar refractivity (Wildman–Crippen MR) is 79.5 cm³/mol. The Bertz CT molecular complexity index is 667. The molecule has 0 saturated carbocycles. The number of carboxylic acids is 1. The van der Waals surface area contributed by atoms with E-state index in [-0.39, 0.29) is 17.9 Å². The molecular formula is C15H17N3O3. The van der Waals surface area contributed by atoms with Crippen LogP contribution in [0, 0.1) is 0 Å². The second kappa shape index (κ2) is 6.69. The van der Waals surface area contributed by atoms with Crippen LogP contribution in [0.25, 0.3) is 0 Å². The van der Waals surface area contributed by atoms with Gasteiger partial charge in [0.2, 0.25) is 0 Å². The molecule has 0 aliphatic carbocycles. The fraction of sp³-hybridized carbons (Fsp3) is 0.267. The van der Waals surface area contributed by atoms with E-state index >= 15 is 0 Å². The average Bonchev–Trinajstić information content (AvgIpc) is 2.50. The van der Waals surface area contributed by atoms with Crippen LogP contribution in [-0.2, 0) is 11.3 Å². The highest BCUT2D eigenvalue weighted by molar-refractivity contribution is 5.76. The van der Waals surface area contributed by atoms with E-state index in [1.165, 1.54) is 10.8 Å². The van der Waals surface area contributed by atoms with E-state index in [9.17, 15) is 14.7 Å². The predicted octanol–water partition coefficient (Wildman–Crippen LogP) is 1.54. The van der Waals surface area contributed by atoms with E-state index in [2.05, 4.69) is 10.3 Å². The molecule has 6 nitrogen and oxygen atoms in total. The summed E-state index contributed by atoms with van der Waals surface area (Å²) in [6.07, 6.45) is 3.12. The number of carboxylic acid groups (broad SMARTS) is 1. The molecule has 0 aliphatic heterocycles. The molecule has 0 radical (unpaired) electrons. The number of nitrogens with one attached hydrogen (secondary N) is 1. The lowest BCUT2D eigenvalue weighted by molar-refractivity contribution is -0.138. The molecular weight excluding hydrogens is 270 g/mol. The van der Waals surface area contributed by atoms with E-state index in [0.717, 1.165) is 0 Å². The number of anilines is 1. The number of benzene rings is 1. The van der Waals surface area contributed by atoms with Crippen molar-refractivity contribution in [2.24, 2.45) is 0 Å². The van der Waals surface area contributed by atoms with Gasteiger partial charge in [0.25, 0.3) is 5.56 Å². The van der Waals surface area contributed by atoms with Crippen molar-refractivity contribution >= 4 is 11.8 Å². The number of aryl methyl sites for hydroxylation is 1. The third-order valence-corrected chi connectivity index (χ3v) is 3.23. The van der Waals surface area contributed by atoms with Crippen LogP contribution < -0.4 is 10.9 Å². The van der Waals surface area contributed by atoms with Crippen molar-refractivity contribution in [1.29, 1.82) is 0 Å². The molecule has 0 spiro atoms. The van der Waals surface area contributed by atoms with Gasteiger partial charge in [0.15, 0.2) is 5.82 Å². The number of rotatable bonds is 6. The number of hydrogen-bond acceptors (Lipinski definition) is 4.